The van der Waals surface area contributed by atoms with Gasteiger partial charge in [-0.05, 0) is 19.1 Å². The first kappa shape index (κ1) is 19.7. The van der Waals surface area contributed by atoms with E-state index in [0.717, 1.165) is 28.4 Å². The molecule has 6 rings (SSSR count). The second-order valence-corrected chi connectivity index (χ2v) is 7.74. The molecule has 1 N–H and O–H groups in total. The van der Waals surface area contributed by atoms with Crippen LogP contribution in [0.15, 0.2) is 48.4 Å². The van der Waals surface area contributed by atoms with E-state index in [1.807, 2.05) is 13.0 Å². The zero-order valence-corrected chi connectivity index (χ0v) is 17.2. The number of halogens is 3. The van der Waals surface area contributed by atoms with Gasteiger partial charge in [-0.25, -0.2) is 23.4 Å². The average molecular weight is 446 g/mol. The van der Waals surface area contributed by atoms with Gasteiger partial charge < -0.3 is 15.0 Å². The molecule has 11 heteroatoms. The molecule has 2 atom stereocenters. The van der Waals surface area contributed by atoms with Crippen molar-refractivity contribution in [3.05, 3.63) is 59.1 Å². The number of fused-ring (bicyclic) bond motifs is 1. The van der Waals surface area contributed by atoms with Crippen LogP contribution in [0.25, 0.3) is 0 Å². The summed E-state index contributed by atoms with van der Waals surface area (Å²) < 4.78 is 32.8. The Hall–Kier alpha value is -3.27. The third-order valence-corrected chi connectivity index (χ3v) is 5.49. The third kappa shape index (κ3) is 3.78. The Labute approximate surface area is 181 Å². The summed E-state index contributed by atoms with van der Waals surface area (Å²) in [5.41, 5.74) is 1.93. The molecule has 0 radical (unpaired) electrons. The number of hydrogen-bond donors (Lipinski definition) is 1. The Morgan fingerprint density at radius 3 is 2.90 bits per heavy atom. The minimum Gasteiger partial charge on any atom is -0.423 e. The number of nitrogens with zero attached hydrogens (tertiary/aromatic N) is 6. The highest BCUT2D eigenvalue weighted by Crippen LogP contribution is 2.42. The number of aryl methyl sites for hydroxylation is 1. The smallest absolute Gasteiger partial charge is 0.322 e. The normalized spacial score (nSPS) is 19.4. The number of ether oxygens (including phenoxy) is 1. The van der Waals surface area contributed by atoms with Crippen molar-refractivity contribution >= 4 is 23.4 Å². The van der Waals surface area contributed by atoms with E-state index < -0.39 is 13.0 Å². The lowest BCUT2D eigenvalue weighted by molar-refractivity contribution is 0.118. The van der Waals surface area contributed by atoms with Crippen molar-refractivity contribution in [3.63, 3.8) is 0 Å². The molecule has 8 nitrogen and oxygen atoms in total. The van der Waals surface area contributed by atoms with Crippen LogP contribution >= 0.6 is 11.6 Å². The van der Waals surface area contributed by atoms with E-state index in [2.05, 4.69) is 36.3 Å². The van der Waals surface area contributed by atoms with Gasteiger partial charge in [0, 0.05) is 29.9 Å². The Bertz CT molecular complexity index is 1150. The van der Waals surface area contributed by atoms with Crippen LogP contribution in [0.5, 0.6) is 11.8 Å². The van der Waals surface area contributed by atoms with E-state index in [-0.39, 0.29) is 23.9 Å². The molecule has 2 unspecified atom stereocenters. The Morgan fingerprint density at radius 1 is 1.29 bits per heavy atom. The van der Waals surface area contributed by atoms with Gasteiger partial charge in [-0.1, -0.05) is 29.8 Å². The van der Waals surface area contributed by atoms with Crippen LogP contribution < -0.4 is 15.0 Å². The standard InChI is InChI=1S/C20H18ClF2N7O/c1-11-6-17(25-10-24-11)29-8-12-7-14(29)18(12)26-19-27-20(30(28-19)9-16(22)23)31-15-5-3-2-4-13(15)21/h2-7,10,12,16,18H,8-9H2,1H3,(H,26,28). The lowest BCUT2D eigenvalue weighted by atomic mass is 9.91. The van der Waals surface area contributed by atoms with Crippen LogP contribution in [-0.2, 0) is 6.54 Å². The molecule has 0 saturated carbocycles. The van der Waals surface area contributed by atoms with Gasteiger partial charge in [0.1, 0.15) is 24.4 Å². The Balaban J connectivity index is 1.35. The van der Waals surface area contributed by atoms with Gasteiger partial charge in [-0.2, -0.15) is 4.98 Å². The summed E-state index contributed by atoms with van der Waals surface area (Å²) in [6, 6.07) is 8.59. The highest BCUT2D eigenvalue weighted by molar-refractivity contribution is 6.32. The van der Waals surface area contributed by atoms with Gasteiger partial charge in [0.25, 0.3) is 6.43 Å². The van der Waals surface area contributed by atoms with Crippen molar-refractivity contribution in [2.24, 2.45) is 5.92 Å². The van der Waals surface area contributed by atoms with Crippen LogP contribution in [0.1, 0.15) is 5.69 Å². The average Bonchev–Trinajstić information content (AvgIpc) is 3.41. The van der Waals surface area contributed by atoms with Gasteiger partial charge in [0.15, 0.2) is 0 Å². The molecule has 31 heavy (non-hydrogen) atoms. The number of rotatable bonds is 7. The fraction of sp³-hybridized carbons (Fsp3) is 0.300. The van der Waals surface area contributed by atoms with E-state index in [9.17, 15) is 8.78 Å². The Kier molecular flexibility index (Phi) is 4.93. The maximum atomic E-state index is 13.1. The highest BCUT2D eigenvalue weighted by atomic mass is 35.5. The first-order valence-electron chi connectivity index (χ1n) is 9.68. The molecule has 0 amide bonds. The second-order valence-electron chi connectivity index (χ2n) is 7.33. The lowest BCUT2D eigenvalue weighted by Crippen LogP contribution is -2.34. The fourth-order valence-corrected chi connectivity index (χ4v) is 3.90. The number of benzene rings is 1. The van der Waals surface area contributed by atoms with E-state index in [4.69, 9.17) is 16.3 Å². The van der Waals surface area contributed by atoms with E-state index >= 15 is 0 Å². The summed E-state index contributed by atoms with van der Waals surface area (Å²) in [5, 5.41) is 7.77. The first-order valence-corrected chi connectivity index (χ1v) is 10.1. The number of hydrogen-bond acceptors (Lipinski definition) is 7. The maximum absolute atomic E-state index is 13.1. The second kappa shape index (κ2) is 7.77. The third-order valence-electron chi connectivity index (χ3n) is 5.17. The van der Waals surface area contributed by atoms with Gasteiger partial charge >= 0.3 is 6.01 Å². The van der Waals surface area contributed by atoms with Crippen molar-refractivity contribution in [1.29, 1.82) is 0 Å². The van der Waals surface area contributed by atoms with Crippen LogP contribution in [0.4, 0.5) is 20.5 Å². The molecular formula is C20H18ClF2N7O. The van der Waals surface area contributed by atoms with Gasteiger partial charge in [0.05, 0.1) is 11.1 Å². The molecule has 1 aromatic carbocycles. The molecule has 3 aromatic rings. The molecule has 4 heterocycles. The Morgan fingerprint density at radius 2 is 2.13 bits per heavy atom. The topological polar surface area (TPSA) is 81.0 Å². The minimum absolute atomic E-state index is 0.0363. The monoisotopic (exact) mass is 445 g/mol. The summed E-state index contributed by atoms with van der Waals surface area (Å²) in [6.07, 6.45) is 1.07. The van der Waals surface area contributed by atoms with E-state index in [1.54, 1.807) is 24.3 Å². The molecule has 0 spiro atoms. The summed E-state index contributed by atoms with van der Waals surface area (Å²) in [4.78, 5) is 14.9. The molecule has 2 bridgehead atoms. The summed E-state index contributed by atoms with van der Waals surface area (Å²) >= 11 is 6.12. The number of nitrogens with one attached hydrogen (secondary N) is 1. The predicted molar refractivity (Wildman–Crippen MR) is 111 cm³/mol. The zero-order chi connectivity index (χ0) is 21.5. The van der Waals surface area contributed by atoms with E-state index in [1.165, 1.54) is 6.33 Å². The lowest BCUT2D eigenvalue weighted by Gasteiger charge is -2.27. The molecule has 3 aliphatic rings. The van der Waals surface area contributed by atoms with Crippen LogP contribution in [0.3, 0.4) is 0 Å². The maximum Gasteiger partial charge on any atom is 0.322 e. The summed E-state index contributed by atoms with van der Waals surface area (Å²) in [7, 11) is 0. The summed E-state index contributed by atoms with van der Waals surface area (Å²) in [6.45, 7) is 2.04. The number of para-hydroxylation sites is 1. The van der Waals surface area contributed by atoms with Crippen molar-refractivity contribution in [3.8, 4) is 11.8 Å². The minimum atomic E-state index is -2.61. The van der Waals surface area contributed by atoms with Gasteiger partial charge in [-0.3, -0.25) is 0 Å². The predicted octanol–water partition coefficient (Wildman–Crippen LogP) is 3.90. The van der Waals surface area contributed by atoms with Gasteiger partial charge in [0.2, 0.25) is 5.95 Å². The van der Waals surface area contributed by atoms with Crippen LogP contribution in [0.2, 0.25) is 5.02 Å². The van der Waals surface area contributed by atoms with Crippen LogP contribution in [-0.4, -0.2) is 43.7 Å². The van der Waals surface area contributed by atoms with Crippen molar-refractivity contribution in [2.45, 2.75) is 25.9 Å². The quantitative estimate of drug-likeness (QED) is 0.590. The molecule has 1 fully saturated rings. The van der Waals surface area contributed by atoms with Gasteiger partial charge in [-0.15, -0.1) is 5.10 Å². The zero-order valence-electron chi connectivity index (χ0n) is 16.4. The number of alkyl halides is 2. The molecule has 160 valence electrons. The molecular weight excluding hydrogens is 428 g/mol. The van der Waals surface area contributed by atoms with Crippen molar-refractivity contribution in [1.82, 2.24) is 24.7 Å². The number of anilines is 2. The SMILES string of the molecule is Cc1cc(N2CC3C=C2C3Nc2nc(Oc3ccccc3Cl)n(CC(F)F)n2)ncn1. The van der Waals surface area contributed by atoms with Crippen LogP contribution in [0, 0.1) is 12.8 Å². The van der Waals surface area contributed by atoms with Crippen molar-refractivity contribution in [2.75, 3.05) is 16.8 Å². The molecule has 1 saturated heterocycles. The largest absolute Gasteiger partial charge is 0.423 e. The highest BCUT2D eigenvalue weighted by Gasteiger charge is 2.45. The molecule has 2 aliphatic heterocycles. The van der Waals surface area contributed by atoms with E-state index in [0.29, 0.717) is 10.8 Å². The number of aromatic nitrogens is 5. The fourth-order valence-electron chi connectivity index (χ4n) is 3.73. The first-order chi connectivity index (χ1) is 15.0. The molecule has 2 aromatic heterocycles. The molecule has 1 aliphatic carbocycles. The summed E-state index contributed by atoms with van der Waals surface area (Å²) in [5.74, 6) is 1.59. The van der Waals surface area contributed by atoms with Crippen molar-refractivity contribution < 1.29 is 13.5 Å².